The van der Waals surface area contributed by atoms with Gasteiger partial charge in [-0.1, -0.05) is 12.1 Å². The van der Waals surface area contributed by atoms with Crippen LogP contribution in [-0.2, 0) is 11.3 Å². The van der Waals surface area contributed by atoms with Crippen molar-refractivity contribution in [3.63, 3.8) is 0 Å². The number of benzene rings is 1. The van der Waals surface area contributed by atoms with Crippen molar-refractivity contribution in [3.05, 3.63) is 53.5 Å². The molecule has 1 amide bonds. The van der Waals surface area contributed by atoms with E-state index < -0.39 is 0 Å². The third kappa shape index (κ3) is 4.13. The summed E-state index contributed by atoms with van der Waals surface area (Å²) in [6.07, 6.45) is 2.52. The Balaban J connectivity index is 1.62. The largest absolute Gasteiger partial charge is 0.493 e. The Labute approximate surface area is 135 Å². The third-order valence-corrected chi connectivity index (χ3v) is 3.91. The topological polar surface area (TPSA) is 60.7 Å². The first-order chi connectivity index (χ1) is 11.2. The molecule has 1 aromatic heterocycles. The van der Waals surface area contributed by atoms with Crippen LogP contribution in [0.15, 0.2) is 41.0 Å². The fraction of sp³-hybridized carbons (Fsp3) is 0.389. The zero-order valence-electron chi connectivity index (χ0n) is 13.2. The van der Waals surface area contributed by atoms with E-state index in [0.717, 1.165) is 36.5 Å². The van der Waals surface area contributed by atoms with Gasteiger partial charge >= 0.3 is 0 Å². The van der Waals surface area contributed by atoms with E-state index >= 15 is 0 Å². The standard InChI is InChI=1S/C18H21NO4/c1-13-4-5-15(10-19-18(20)16-3-2-7-22-16)17(9-13)23-12-14-6-8-21-11-14/h2-5,7,9,14H,6,8,10-12H2,1H3,(H,19,20). The minimum Gasteiger partial charge on any atom is -0.493 e. The predicted octanol–water partition coefficient (Wildman–Crippen LogP) is 2.93. The molecule has 0 radical (unpaired) electrons. The first-order valence-corrected chi connectivity index (χ1v) is 7.84. The van der Waals surface area contributed by atoms with Gasteiger partial charge in [0.15, 0.2) is 5.76 Å². The summed E-state index contributed by atoms with van der Waals surface area (Å²) in [5.74, 6) is 1.34. The van der Waals surface area contributed by atoms with Crippen LogP contribution in [0.25, 0.3) is 0 Å². The van der Waals surface area contributed by atoms with Gasteiger partial charge in [-0.3, -0.25) is 4.79 Å². The van der Waals surface area contributed by atoms with Crippen molar-refractivity contribution in [1.82, 2.24) is 5.32 Å². The van der Waals surface area contributed by atoms with Crippen LogP contribution in [-0.4, -0.2) is 25.7 Å². The molecule has 0 aliphatic carbocycles. The highest BCUT2D eigenvalue weighted by Crippen LogP contribution is 2.22. The lowest BCUT2D eigenvalue weighted by Gasteiger charge is -2.15. The molecule has 1 aliphatic rings. The summed E-state index contributed by atoms with van der Waals surface area (Å²) in [5, 5.41) is 2.85. The molecule has 2 heterocycles. The highest BCUT2D eigenvalue weighted by Gasteiger charge is 2.17. The lowest BCUT2D eigenvalue weighted by Crippen LogP contribution is -2.23. The molecule has 1 aromatic carbocycles. The number of aryl methyl sites for hydroxylation is 1. The molecular weight excluding hydrogens is 294 g/mol. The van der Waals surface area contributed by atoms with Gasteiger partial charge in [0.1, 0.15) is 5.75 Å². The van der Waals surface area contributed by atoms with E-state index in [1.165, 1.54) is 6.26 Å². The molecule has 0 spiro atoms. The smallest absolute Gasteiger partial charge is 0.287 e. The highest BCUT2D eigenvalue weighted by atomic mass is 16.5. The van der Waals surface area contributed by atoms with Gasteiger partial charge in [-0.05, 0) is 37.1 Å². The van der Waals surface area contributed by atoms with Crippen LogP contribution < -0.4 is 10.1 Å². The summed E-state index contributed by atoms with van der Waals surface area (Å²) in [6, 6.07) is 9.34. The molecule has 3 rings (SSSR count). The molecule has 0 saturated carbocycles. The first kappa shape index (κ1) is 15.6. The minimum atomic E-state index is -0.231. The Morgan fingerprint density at radius 3 is 3.04 bits per heavy atom. The Bertz CT molecular complexity index is 645. The Kier molecular flexibility index (Phi) is 4.98. The number of furan rings is 1. The van der Waals surface area contributed by atoms with E-state index in [9.17, 15) is 4.79 Å². The average Bonchev–Trinajstić information content (AvgIpc) is 3.25. The minimum absolute atomic E-state index is 0.231. The molecule has 5 heteroatoms. The van der Waals surface area contributed by atoms with Crippen molar-refractivity contribution < 1.29 is 18.7 Å². The fourth-order valence-electron chi connectivity index (χ4n) is 2.53. The van der Waals surface area contributed by atoms with Crippen LogP contribution in [0.4, 0.5) is 0 Å². The van der Waals surface area contributed by atoms with Gasteiger partial charge in [-0.15, -0.1) is 0 Å². The predicted molar refractivity (Wildman–Crippen MR) is 85.5 cm³/mol. The average molecular weight is 315 g/mol. The number of hydrogen-bond acceptors (Lipinski definition) is 4. The quantitative estimate of drug-likeness (QED) is 0.890. The molecular formula is C18H21NO4. The van der Waals surface area contributed by atoms with E-state index in [2.05, 4.69) is 5.32 Å². The van der Waals surface area contributed by atoms with Crippen molar-refractivity contribution in [2.24, 2.45) is 5.92 Å². The first-order valence-electron chi connectivity index (χ1n) is 7.84. The van der Waals surface area contributed by atoms with E-state index in [0.29, 0.717) is 24.8 Å². The lowest BCUT2D eigenvalue weighted by molar-refractivity contribution is 0.0923. The number of hydrogen-bond donors (Lipinski definition) is 1. The Morgan fingerprint density at radius 1 is 1.39 bits per heavy atom. The van der Waals surface area contributed by atoms with Crippen LogP contribution in [0.2, 0.25) is 0 Å². The second-order valence-corrected chi connectivity index (χ2v) is 5.81. The van der Waals surface area contributed by atoms with Crippen molar-refractivity contribution in [1.29, 1.82) is 0 Å². The van der Waals surface area contributed by atoms with Crippen molar-refractivity contribution in [2.45, 2.75) is 19.9 Å². The number of carbonyl (C=O) groups is 1. The molecule has 122 valence electrons. The second-order valence-electron chi connectivity index (χ2n) is 5.81. The SMILES string of the molecule is Cc1ccc(CNC(=O)c2ccco2)c(OCC2CCOC2)c1. The van der Waals surface area contributed by atoms with Gasteiger partial charge in [0.25, 0.3) is 5.91 Å². The van der Waals surface area contributed by atoms with E-state index in [1.807, 2.05) is 25.1 Å². The van der Waals surface area contributed by atoms with Crippen LogP contribution in [0, 0.1) is 12.8 Å². The summed E-state index contributed by atoms with van der Waals surface area (Å²) in [5.41, 5.74) is 2.08. The monoisotopic (exact) mass is 315 g/mol. The van der Waals surface area contributed by atoms with Gasteiger partial charge in [-0.2, -0.15) is 0 Å². The van der Waals surface area contributed by atoms with Gasteiger partial charge in [0.05, 0.1) is 19.5 Å². The van der Waals surface area contributed by atoms with Crippen LogP contribution in [0.5, 0.6) is 5.75 Å². The normalized spacial score (nSPS) is 17.2. The molecule has 1 saturated heterocycles. The maximum absolute atomic E-state index is 12.0. The fourth-order valence-corrected chi connectivity index (χ4v) is 2.53. The van der Waals surface area contributed by atoms with Crippen molar-refractivity contribution in [3.8, 4) is 5.75 Å². The van der Waals surface area contributed by atoms with Gasteiger partial charge < -0.3 is 19.2 Å². The number of ether oxygens (including phenoxy) is 2. The Hall–Kier alpha value is -2.27. The van der Waals surface area contributed by atoms with Crippen LogP contribution >= 0.6 is 0 Å². The zero-order valence-corrected chi connectivity index (χ0v) is 13.2. The van der Waals surface area contributed by atoms with Crippen molar-refractivity contribution in [2.75, 3.05) is 19.8 Å². The summed E-state index contributed by atoms with van der Waals surface area (Å²) >= 11 is 0. The summed E-state index contributed by atoms with van der Waals surface area (Å²) in [4.78, 5) is 12.0. The van der Waals surface area contributed by atoms with E-state index in [-0.39, 0.29) is 5.91 Å². The number of rotatable bonds is 6. The third-order valence-electron chi connectivity index (χ3n) is 3.91. The molecule has 1 fully saturated rings. The van der Waals surface area contributed by atoms with Crippen LogP contribution in [0.1, 0.15) is 28.1 Å². The second kappa shape index (κ2) is 7.33. The maximum atomic E-state index is 12.0. The Morgan fingerprint density at radius 2 is 2.30 bits per heavy atom. The number of amides is 1. The molecule has 1 N–H and O–H groups in total. The zero-order chi connectivity index (χ0) is 16.1. The molecule has 1 aliphatic heterocycles. The van der Waals surface area contributed by atoms with Crippen molar-refractivity contribution >= 4 is 5.91 Å². The van der Waals surface area contributed by atoms with Crippen LogP contribution in [0.3, 0.4) is 0 Å². The van der Waals surface area contributed by atoms with E-state index in [1.54, 1.807) is 12.1 Å². The molecule has 0 bridgehead atoms. The molecule has 1 unspecified atom stereocenters. The maximum Gasteiger partial charge on any atom is 0.287 e. The van der Waals surface area contributed by atoms with E-state index in [4.69, 9.17) is 13.9 Å². The summed E-state index contributed by atoms with van der Waals surface area (Å²) in [6.45, 7) is 4.64. The highest BCUT2D eigenvalue weighted by molar-refractivity contribution is 5.91. The summed E-state index contributed by atoms with van der Waals surface area (Å²) < 4.78 is 16.4. The summed E-state index contributed by atoms with van der Waals surface area (Å²) in [7, 11) is 0. The molecule has 5 nitrogen and oxygen atoms in total. The molecule has 23 heavy (non-hydrogen) atoms. The molecule has 1 atom stereocenters. The number of carbonyl (C=O) groups excluding carboxylic acids is 1. The number of nitrogens with one attached hydrogen (secondary N) is 1. The molecule has 2 aromatic rings. The van der Waals surface area contributed by atoms with Gasteiger partial charge in [0, 0.05) is 24.6 Å². The van der Waals surface area contributed by atoms with Gasteiger partial charge in [0.2, 0.25) is 0 Å². The lowest BCUT2D eigenvalue weighted by atomic mass is 10.1. The van der Waals surface area contributed by atoms with Gasteiger partial charge in [-0.25, -0.2) is 0 Å².